The maximum Gasteiger partial charge on any atom is 0.329 e. The number of fused-ring (bicyclic) bond motifs is 5. The molecule has 30 heavy (non-hydrogen) atoms. The van der Waals surface area contributed by atoms with Gasteiger partial charge in [0.15, 0.2) is 6.61 Å². The van der Waals surface area contributed by atoms with Crippen LogP contribution in [0.25, 0.3) is 0 Å². The number of esters is 1. The molecule has 4 rings (SSSR count). The normalized spacial score (nSPS) is 27.9. The highest BCUT2D eigenvalue weighted by molar-refractivity contribution is 9.10. The van der Waals surface area contributed by atoms with Crippen LogP contribution < -0.4 is 5.32 Å². The molecule has 1 aromatic carbocycles. The van der Waals surface area contributed by atoms with Crippen LogP contribution in [-0.2, 0) is 23.9 Å². The standard InChI is InChI=1S/C22H25BrN2O5/c1-10-7-16(11(2)6-15(10)23)24-17(26)9-30-22(29)12(3)25-20(27)18-13-4-5-14(8-13)19(18)21(25)28/h6-7,12-14,18-19H,4-5,8-9H2,1-3H3,(H,24,26)/t12-,13-,14-,18-,19+/m0/s1. The van der Waals surface area contributed by atoms with Crippen LogP contribution in [0.5, 0.6) is 0 Å². The number of nitrogens with one attached hydrogen (secondary N) is 1. The fraction of sp³-hybridized carbons (Fsp3) is 0.545. The van der Waals surface area contributed by atoms with Crippen molar-refractivity contribution in [2.24, 2.45) is 23.7 Å². The molecule has 3 aliphatic rings. The summed E-state index contributed by atoms with van der Waals surface area (Å²) in [6.07, 6.45) is 2.90. The summed E-state index contributed by atoms with van der Waals surface area (Å²) in [5, 5.41) is 2.73. The van der Waals surface area contributed by atoms with Gasteiger partial charge in [-0.2, -0.15) is 0 Å². The molecular weight excluding hydrogens is 452 g/mol. The molecule has 1 N–H and O–H groups in total. The largest absolute Gasteiger partial charge is 0.454 e. The van der Waals surface area contributed by atoms with Crippen molar-refractivity contribution in [2.45, 2.75) is 46.1 Å². The number of carbonyl (C=O) groups excluding carboxylic acids is 4. The zero-order valence-corrected chi connectivity index (χ0v) is 18.8. The smallest absolute Gasteiger partial charge is 0.329 e. The summed E-state index contributed by atoms with van der Waals surface area (Å²) >= 11 is 3.44. The number of carbonyl (C=O) groups is 4. The number of nitrogens with zero attached hydrogens (tertiary/aromatic N) is 1. The number of ether oxygens (including phenoxy) is 1. The molecule has 2 bridgehead atoms. The Morgan fingerprint density at radius 1 is 1.13 bits per heavy atom. The van der Waals surface area contributed by atoms with Crippen molar-refractivity contribution in [3.8, 4) is 0 Å². The molecule has 160 valence electrons. The van der Waals surface area contributed by atoms with Crippen molar-refractivity contribution in [3.63, 3.8) is 0 Å². The van der Waals surface area contributed by atoms with Gasteiger partial charge in [0, 0.05) is 10.2 Å². The second-order valence-corrected chi connectivity index (χ2v) is 9.53. The predicted molar refractivity (Wildman–Crippen MR) is 112 cm³/mol. The van der Waals surface area contributed by atoms with Crippen LogP contribution in [0.3, 0.4) is 0 Å². The Morgan fingerprint density at radius 3 is 2.33 bits per heavy atom. The molecule has 3 amide bonds. The van der Waals surface area contributed by atoms with Gasteiger partial charge in [-0.3, -0.25) is 19.3 Å². The summed E-state index contributed by atoms with van der Waals surface area (Å²) in [7, 11) is 0. The first kappa shape index (κ1) is 21.0. The minimum atomic E-state index is -1.03. The van der Waals surface area contributed by atoms with Crippen LogP contribution in [0.2, 0.25) is 0 Å². The van der Waals surface area contributed by atoms with Crippen LogP contribution in [0.15, 0.2) is 16.6 Å². The van der Waals surface area contributed by atoms with Crippen LogP contribution in [0, 0.1) is 37.5 Å². The average Bonchev–Trinajstić information content (AvgIpc) is 3.37. The second kappa shape index (κ2) is 7.80. The Balaban J connectivity index is 1.35. The molecule has 0 unspecified atom stereocenters. The highest BCUT2D eigenvalue weighted by Gasteiger charge is 2.62. The van der Waals surface area contributed by atoms with Gasteiger partial charge in [0.25, 0.3) is 5.91 Å². The van der Waals surface area contributed by atoms with Crippen molar-refractivity contribution < 1.29 is 23.9 Å². The molecule has 1 heterocycles. The lowest BCUT2D eigenvalue weighted by molar-refractivity contribution is -0.159. The predicted octanol–water partition coefficient (Wildman–Crippen LogP) is 2.97. The molecule has 1 aromatic rings. The number of hydrogen-bond acceptors (Lipinski definition) is 5. The maximum absolute atomic E-state index is 12.8. The molecule has 3 fully saturated rings. The van der Waals surface area contributed by atoms with Gasteiger partial charge in [-0.15, -0.1) is 0 Å². The number of hydrogen-bond donors (Lipinski definition) is 1. The lowest BCUT2D eigenvalue weighted by Gasteiger charge is -2.23. The number of rotatable bonds is 5. The number of anilines is 1. The minimum absolute atomic E-state index is 0.257. The van der Waals surface area contributed by atoms with Crippen LogP contribution >= 0.6 is 15.9 Å². The molecule has 0 radical (unpaired) electrons. The Bertz CT molecular complexity index is 918. The van der Waals surface area contributed by atoms with Gasteiger partial charge >= 0.3 is 5.97 Å². The number of amides is 3. The van der Waals surface area contributed by atoms with Gasteiger partial charge in [0.1, 0.15) is 6.04 Å². The molecule has 8 heteroatoms. The van der Waals surface area contributed by atoms with E-state index in [0.29, 0.717) is 5.69 Å². The maximum atomic E-state index is 12.8. The Hall–Kier alpha value is -2.22. The summed E-state index contributed by atoms with van der Waals surface area (Å²) < 4.78 is 6.07. The van der Waals surface area contributed by atoms with Crippen molar-refractivity contribution in [1.82, 2.24) is 4.90 Å². The van der Waals surface area contributed by atoms with Crippen molar-refractivity contribution in [1.29, 1.82) is 0 Å². The van der Waals surface area contributed by atoms with Crippen molar-refractivity contribution in [2.75, 3.05) is 11.9 Å². The zero-order valence-electron chi connectivity index (χ0n) is 17.2. The van der Waals surface area contributed by atoms with E-state index in [1.165, 1.54) is 6.92 Å². The zero-order chi connectivity index (χ0) is 21.7. The first-order valence-electron chi connectivity index (χ1n) is 10.3. The topological polar surface area (TPSA) is 92.8 Å². The van der Waals surface area contributed by atoms with E-state index in [4.69, 9.17) is 4.74 Å². The van der Waals surface area contributed by atoms with Gasteiger partial charge in [-0.1, -0.05) is 15.9 Å². The number of benzene rings is 1. The Morgan fingerprint density at radius 2 is 1.73 bits per heavy atom. The van der Waals surface area contributed by atoms with Crippen molar-refractivity contribution in [3.05, 3.63) is 27.7 Å². The first-order chi connectivity index (χ1) is 14.2. The van der Waals surface area contributed by atoms with Gasteiger partial charge in [-0.25, -0.2) is 4.79 Å². The molecular formula is C22H25BrN2O5. The molecule has 0 spiro atoms. The number of aryl methyl sites for hydroxylation is 2. The first-order valence-corrected chi connectivity index (χ1v) is 11.1. The van der Waals surface area contributed by atoms with E-state index in [1.54, 1.807) is 0 Å². The molecule has 1 saturated heterocycles. The Kier molecular flexibility index (Phi) is 5.46. The summed E-state index contributed by atoms with van der Waals surface area (Å²) in [5.74, 6) is -1.78. The van der Waals surface area contributed by atoms with Crippen molar-refractivity contribution >= 4 is 45.3 Å². The average molecular weight is 477 g/mol. The van der Waals surface area contributed by atoms with Crippen LogP contribution in [0.4, 0.5) is 5.69 Å². The monoisotopic (exact) mass is 476 g/mol. The van der Waals surface area contributed by atoms with E-state index in [0.717, 1.165) is 39.8 Å². The second-order valence-electron chi connectivity index (χ2n) is 8.68. The quantitative estimate of drug-likeness (QED) is 0.520. The van der Waals surface area contributed by atoms with E-state index in [9.17, 15) is 19.2 Å². The van der Waals surface area contributed by atoms with Gasteiger partial charge < -0.3 is 10.1 Å². The van der Waals surface area contributed by atoms with E-state index >= 15 is 0 Å². The third kappa shape index (κ3) is 3.45. The van der Waals surface area contributed by atoms with Gasteiger partial charge in [-0.05, 0) is 75.1 Å². The highest BCUT2D eigenvalue weighted by atomic mass is 79.9. The number of halogens is 1. The molecule has 5 atom stereocenters. The molecule has 7 nitrogen and oxygen atoms in total. The Labute approximate surface area is 183 Å². The lowest BCUT2D eigenvalue weighted by Crippen LogP contribution is -2.45. The fourth-order valence-electron chi connectivity index (χ4n) is 5.28. The molecule has 2 saturated carbocycles. The van der Waals surface area contributed by atoms with Crippen LogP contribution in [0.1, 0.15) is 37.3 Å². The van der Waals surface area contributed by atoms with Gasteiger partial charge in [0.05, 0.1) is 11.8 Å². The summed E-state index contributed by atoms with van der Waals surface area (Å²) in [4.78, 5) is 51.5. The third-order valence-electron chi connectivity index (χ3n) is 6.82. The van der Waals surface area contributed by atoms with Crippen LogP contribution in [-0.4, -0.2) is 41.2 Å². The van der Waals surface area contributed by atoms with Gasteiger partial charge in [0.2, 0.25) is 11.8 Å². The summed E-state index contributed by atoms with van der Waals surface area (Å²) in [5.41, 5.74) is 2.47. The molecule has 0 aromatic heterocycles. The van der Waals surface area contributed by atoms with E-state index < -0.39 is 24.5 Å². The SMILES string of the molecule is Cc1cc(NC(=O)COC(=O)[C@H](C)N2C(=O)[C@@H]3[C@H]4CC[C@@H](C4)[C@@H]3C2=O)c(C)cc1Br. The van der Waals surface area contributed by atoms with E-state index in [2.05, 4.69) is 21.2 Å². The van der Waals surface area contributed by atoms with E-state index in [1.807, 2.05) is 26.0 Å². The number of likely N-dealkylation sites (tertiary alicyclic amines) is 1. The minimum Gasteiger partial charge on any atom is -0.454 e. The van der Waals surface area contributed by atoms with E-state index in [-0.39, 0.29) is 35.5 Å². The summed E-state index contributed by atoms with van der Waals surface area (Å²) in [6, 6.07) is 2.70. The summed E-state index contributed by atoms with van der Waals surface area (Å²) in [6.45, 7) is 4.78. The third-order valence-corrected chi connectivity index (χ3v) is 7.67. The number of imide groups is 1. The highest BCUT2D eigenvalue weighted by Crippen LogP contribution is 2.56. The fourth-order valence-corrected chi connectivity index (χ4v) is 5.74. The molecule has 1 aliphatic heterocycles. The lowest BCUT2D eigenvalue weighted by atomic mass is 9.81. The molecule has 2 aliphatic carbocycles.